The number of amides is 2. The molecule has 1 saturated heterocycles. The fourth-order valence-electron chi connectivity index (χ4n) is 3.52. The van der Waals surface area contributed by atoms with Gasteiger partial charge in [0.2, 0.25) is 5.91 Å². The Morgan fingerprint density at radius 2 is 1.64 bits per heavy atom. The molecule has 1 aliphatic heterocycles. The molecule has 2 amide bonds. The van der Waals surface area contributed by atoms with Gasteiger partial charge in [-0.3, -0.25) is 14.5 Å². The molecule has 2 aromatic carbocycles. The molecule has 3 rings (SSSR count). The van der Waals surface area contributed by atoms with Crippen molar-refractivity contribution in [3.63, 3.8) is 0 Å². The van der Waals surface area contributed by atoms with Crippen LogP contribution >= 0.6 is 0 Å². The maximum atomic E-state index is 13.1. The molecule has 0 bridgehead atoms. The second-order valence-corrected chi connectivity index (χ2v) is 7.88. The van der Waals surface area contributed by atoms with Crippen molar-refractivity contribution in [2.45, 2.75) is 13.8 Å². The van der Waals surface area contributed by atoms with Crippen LogP contribution in [0, 0.1) is 19.7 Å². The Morgan fingerprint density at radius 1 is 0.970 bits per heavy atom. The van der Waals surface area contributed by atoms with Crippen LogP contribution in [0.3, 0.4) is 0 Å². The summed E-state index contributed by atoms with van der Waals surface area (Å²) in [6.07, 6.45) is 0. The molecular weight excluding hydrogens is 429 g/mol. The van der Waals surface area contributed by atoms with Gasteiger partial charge < -0.3 is 19.7 Å². The van der Waals surface area contributed by atoms with Gasteiger partial charge in [0.15, 0.2) is 13.2 Å². The molecule has 8 nitrogen and oxygen atoms in total. The average Bonchev–Trinajstić information content (AvgIpc) is 2.79. The smallest absolute Gasteiger partial charge is 0.344 e. The fraction of sp³-hybridized carbons (Fsp3) is 0.375. The SMILES string of the molecule is Cc1cccc(C)c1NC(=O)CN1CCN(C(=O)COC(=O)COc2cccc(F)c2)CC1. The largest absolute Gasteiger partial charge is 0.482 e. The number of aryl methyl sites for hydroxylation is 2. The standard InChI is InChI=1S/C24H28FN3O5/c1-17-5-3-6-18(2)24(17)26-21(29)14-27-9-11-28(12-10-27)22(30)15-33-23(31)16-32-20-8-4-7-19(25)13-20/h3-8,13H,9-12,14-16H2,1-2H3,(H,26,29). The number of piperazine rings is 1. The van der Waals surface area contributed by atoms with Gasteiger partial charge in [-0.2, -0.15) is 0 Å². The van der Waals surface area contributed by atoms with Gasteiger partial charge in [-0.15, -0.1) is 0 Å². The number of benzene rings is 2. The lowest BCUT2D eigenvalue weighted by molar-refractivity contribution is -0.154. The minimum Gasteiger partial charge on any atom is -0.482 e. The number of nitrogens with one attached hydrogen (secondary N) is 1. The number of anilines is 1. The Balaban J connectivity index is 1.35. The Morgan fingerprint density at radius 3 is 2.30 bits per heavy atom. The number of carbonyl (C=O) groups is 3. The third-order valence-electron chi connectivity index (χ3n) is 5.35. The first-order valence-electron chi connectivity index (χ1n) is 10.7. The zero-order valence-corrected chi connectivity index (χ0v) is 18.8. The summed E-state index contributed by atoms with van der Waals surface area (Å²) in [7, 11) is 0. The van der Waals surface area contributed by atoms with Crippen LogP contribution in [-0.4, -0.2) is 73.5 Å². The molecule has 1 heterocycles. The maximum Gasteiger partial charge on any atom is 0.344 e. The van der Waals surface area contributed by atoms with E-state index >= 15 is 0 Å². The number of esters is 1. The average molecular weight is 458 g/mol. The number of halogens is 1. The lowest BCUT2D eigenvalue weighted by atomic mass is 10.1. The molecule has 2 aromatic rings. The zero-order chi connectivity index (χ0) is 23.8. The molecule has 0 aromatic heterocycles. The molecule has 9 heteroatoms. The lowest BCUT2D eigenvalue weighted by Crippen LogP contribution is -2.51. The van der Waals surface area contributed by atoms with Crippen LogP contribution in [0.1, 0.15) is 11.1 Å². The van der Waals surface area contributed by atoms with E-state index in [1.807, 2.05) is 36.9 Å². The van der Waals surface area contributed by atoms with E-state index in [1.165, 1.54) is 18.2 Å². The van der Waals surface area contributed by atoms with Crippen molar-refractivity contribution in [1.82, 2.24) is 9.80 Å². The Kier molecular flexibility index (Phi) is 8.37. The summed E-state index contributed by atoms with van der Waals surface area (Å²) in [5.74, 6) is -1.39. The molecule has 0 atom stereocenters. The van der Waals surface area contributed by atoms with Gasteiger partial charge in [-0.05, 0) is 37.1 Å². The topological polar surface area (TPSA) is 88.2 Å². The van der Waals surface area contributed by atoms with Crippen LogP contribution in [0.2, 0.25) is 0 Å². The second kappa shape index (κ2) is 11.4. The van der Waals surface area contributed by atoms with Crippen LogP contribution in [0.15, 0.2) is 42.5 Å². The van der Waals surface area contributed by atoms with Crippen LogP contribution < -0.4 is 10.1 Å². The van der Waals surface area contributed by atoms with E-state index in [9.17, 15) is 18.8 Å². The van der Waals surface area contributed by atoms with Crippen molar-refractivity contribution in [3.8, 4) is 5.75 Å². The van der Waals surface area contributed by atoms with E-state index in [1.54, 1.807) is 4.90 Å². The van der Waals surface area contributed by atoms with Gasteiger partial charge >= 0.3 is 5.97 Å². The molecule has 0 spiro atoms. The third kappa shape index (κ3) is 7.28. The van der Waals surface area contributed by atoms with Gasteiger partial charge in [-0.25, -0.2) is 9.18 Å². The van der Waals surface area contributed by atoms with Crippen molar-refractivity contribution >= 4 is 23.5 Å². The Hall–Kier alpha value is -3.46. The van der Waals surface area contributed by atoms with Crippen LogP contribution in [0.4, 0.5) is 10.1 Å². The number of carbonyl (C=O) groups excluding carboxylic acids is 3. The van der Waals surface area contributed by atoms with Crippen molar-refractivity contribution in [3.05, 3.63) is 59.4 Å². The predicted molar refractivity (Wildman–Crippen MR) is 120 cm³/mol. The van der Waals surface area contributed by atoms with Crippen molar-refractivity contribution in [2.75, 3.05) is 51.3 Å². The number of hydrogen-bond acceptors (Lipinski definition) is 6. The van der Waals surface area contributed by atoms with E-state index in [0.29, 0.717) is 26.2 Å². The highest BCUT2D eigenvalue weighted by Gasteiger charge is 2.23. The Bertz CT molecular complexity index is 985. The van der Waals surface area contributed by atoms with Crippen LogP contribution in [0.5, 0.6) is 5.75 Å². The summed E-state index contributed by atoms with van der Waals surface area (Å²) in [6.45, 7) is 5.30. The van der Waals surface area contributed by atoms with E-state index in [2.05, 4.69) is 5.32 Å². The van der Waals surface area contributed by atoms with E-state index in [4.69, 9.17) is 9.47 Å². The van der Waals surface area contributed by atoms with Gasteiger partial charge in [-0.1, -0.05) is 24.3 Å². The molecule has 0 unspecified atom stereocenters. The first kappa shape index (κ1) is 24.2. The lowest BCUT2D eigenvalue weighted by Gasteiger charge is -2.34. The van der Waals surface area contributed by atoms with Crippen LogP contribution in [0.25, 0.3) is 0 Å². The maximum absolute atomic E-state index is 13.1. The second-order valence-electron chi connectivity index (χ2n) is 7.88. The van der Waals surface area contributed by atoms with E-state index in [0.717, 1.165) is 22.9 Å². The Labute approximate surface area is 192 Å². The summed E-state index contributed by atoms with van der Waals surface area (Å²) < 4.78 is 23.2. The van der Waals surface area contributed by atoms with Crippen molar-refractivity contribution < 1.29 is 28.2 Å². The minimum absolute atomic E-state index is 0.0978. The minimum atomic E-state index is -0.714. The molecule has 1 N–H and O–H groups in total. The third-order valence-corrected chi connectivity index (χ3v) is 5.35. The molecule has 0 saturated carbocycles. The molecule has 0 aliphatic carbocycles. The monoisotopic (exact) mass is 457 g/mol. The van der Waals surface area contributed by atoms with Crippen molar-refractivity contribution in [2.24, 2.45) is 0 Å². The number of rotatable bonds is 8. The number of ether oxygens (including phenoxy) is 2. The molecule has 1 fully saturated rings. The summed E-state index contributed by atoms with van der Waals surface area (Å²) >= 11 is 0. The van der Waals surface area contributed by atoms with Crippen molar-refractivity contribution in [1.29, 1.82) is 0 Å². The predicted octanol–water partition coefficient (Wildman–Crippen LogP) is 2.15. The first-order valence-corrected chi connectivity index (χ1v) is 10.7. The van der Waals surface area contributed by atoms with Gasteiger partial charge in [0, 0.05) is 37.9 Å². The molecule has 33 heavy (non-hydrogen) atoms. The summed E-state index contributed by atoms with van der Waals surface area (Å²) in [5, 5.41) is 2.97. The molecular formula is C24H28FN3O5. The van der Waals surface area contributed by atoms with Gasteiger partial charge in [0.1, 0.15) is 11.6 Å². The quantitative estimate of drug-likeness (QED) is 0.612. The highest BCUT2D eigenvalue weighted by atomic mass is 19.1. The summed E-state index contributed by atoms with van der Waals surface area (Å²) in [4.78, 5) is 40.1. The first-order chi connectivity index (χ1) is 15.8. The van der Waals surface area contributed by atoms with E-state index < -0.39 is 25.0 Å². The molecule has 176 valence electrons. The highest BCUT2D eigenvalue weighted by molar-refractivity contribution is 5.93. The summed E-state index contributed by atoms with van der Waals surface area (Å²) in [6, 6.07) is 11.3. The van der Waals surface area contributed by atoms with Gasteiger partial charge in [0.25, 0.3) is 5.91 Å². The number of para-hydroxylation sites is 1. The molecule has 0 radical (unpaired) electrons. The van der Waals surface area contributed by atoms with E-state index in [-0.39, 0.29) is 24.1 Å². The normalized spacial score (nSPS) is 14.0. The highest BCUT2D eigenvalue weighted by Crippen LogP contribution is 2.19. The molecule has 1 aliphatic rings. The van der Waals surface area contributed by atoms with Gasteiger partial charge in [0.05, 0.1) is 6.54 Å². The van der Waals surface area contributed by atoms with Crippen LogP contribution in [-0.2, 0) is 19.1 Å². The zero-order valence-electron chi connectivity index (χ0n) is 18.8. The fourth-order valence-corrected chi connectivity index (χ4v) is 3.52. The summed E-state index contributed by atoms with van der Waals surface area (Å²) in [5.41, 5.74) is 2.85. The number of nitrogens with zero attached hydrogens (tertiary/aromatic N) is 2. The number of hydrogen-bond donors (Lipinski definition) is 1.